The van der Waals surface area contributed by atoms with Gasteiger partial charge >= 0.3 is 0 Å². The molecule has 1 heterocycles. The molecule has 4 nitrogen and oxygen atoms in total. The predicted octanol–water partition coefficient (Wildman–Crippen LogP) is 2.24. The van der Waals surface area contributed by atoms with E-state index in [-0.39, 0.29) is 36.1 Å². The minimum atomic E-state index is -0.422. The zero-order chi connectivity index (χ0) is 15.6. The number of hydrogen-bond donors (Lipinski definition) is 2. The number of halogens is 2. The third kappa shape index (κ3) is 4.03. The zero-order valence-electron chi connectivity index (χ0n) is 13.3. The molecule has 6 heteroatoms. The van der Waals surface area contributed by atoms with Crippen molar-refractivity contribution in [3.05, 3.63) is 35.6 Å². The normalized spacial score (nSPS) is 25.3. The molecule has 2 atom stereocenters. The van der Waals surface area contributed by atoms with E-state index < -0.39 is 5.41 Å². The molecule has 128 valence electrons. The number of hydrogen-bond acceptors (Lipinski definition) is 3. The standard InChI is InChI=1S/C17H23FN2O2.ClH/c1-22-11-17(5-7-19-8-6-17)16(21)20-15-10-14(15)12-3-2-4-13(18)9-12;/h2-4,9,14-15,19H,5-8,10-11H2,1H3,(H,20,21);1H. The van der Waals surface area contributed by atoms with Gasteiger partial charge in [0.05, 0.1) is 12.0 Å². The largest absolute Gasteiger partial charge is 0.384 e. The summed E-state index contributed by atoms with van der Waals surface area (Å²) in [5.74, 6) is 0.101. The molecule has 2 N–H and O–H groups in total. The molecule has 1 saturated carbocycles. The van der Waals surface area contributed by atoms with Crippen LogP contribution in [0.2, 0.25) is 0 Å². The Kier molecular flexibility index (Phi) is 6.00. The molecule has 1 aliphatic heterocycles. The van der Waals surface area contributed by atoms with Crippen LogP contribution in [0.5, 0.6) is 0 Å². The maximum atomic E-state index is 13.3. The second-order valence-electron chi connectivity index (χ2n) is 6.44. The summed E-state index contributed by atoms with van der Waals surface area (Å²) in [5.41, 5.74) is 0.547. The van der Waals surface area contributed by atoms with Crippen molar-refractivity contribution in [2.75, 3.05) is 26.8 Å². The van der Waals surface area contributed by atoms with Crippen molar-refractivity contribution in [1.29, 1.82) is 0 Å². The zero-order valence-corrected chi connectivity index (χ0v) is 14.1. The number of carbonyl (C=O) groups is 1. The molecule has 0 bridgehead atoms. The second kappa shape index (κ2) is 7.60. The molecular weight excluding hydrogens is 319 g/mol. The van der Waals surface area contributed by atoms with Crippen molar-refractivity contribution in [2.24, 2.45) is 5.41 Å². The molecule has 0 radical (unpaired) electrons. The summed E-state index contributed by atoms with van der Waals surface area (Å²) in [6, 6.07) is 6.78. The second-order valence-corrected chi connectivity index (χ2v) is 6.44. The fraction of sp³-hybridized carbons (Fsp3) is 0.588. The summed E-state index contributed by atoms with van der Waals surface area (Å²) >= 11 is 0. The van der Waals surface area contributed by atoms with Gasteiger partial charge in [-0.3, -0.25) is 4.79 Å². The maximum absolute atomic E-state index is 13.3. The summed E-state index contributed by atoms with van der Waals surface area (Å²) in [4.78, 5) is 12.7. The Hall–Kier alpha value is -1.17. The molecule has 1 aromatic carbocycles. The molecule has 3 rings (SSSR count). The highest BCUT2D eigenvalue weighted by atomic mass is 35.5. The Morgan fingerprint density at radius 2 is 2.17 bits per heavy atom. The number of rotatable bonds is 5. The number of piperidine rings is 1. The van der Waals surface area contributed by atoms with Gasteiger partial charge < -0.3 is 15.4 Å². The topological polar surface area (TPSA) is 50.4 Å². The lowest BCUT2D eigenvalue weighted by Gasteiger charge is -2.35. The van der Waals surface area contributed by atoms with E-state index in [0.717, 1.165) is 37.9 Å². The highest BCUT2D eigenvalue weighted by Gasteiger charge is 2.45. The first-order valence-corrected chi connectivity index (χ1v) is 7.91. The van der Waals surface area contributed by atoms with Gasteiger partial charge in [0, 0.05) is 19.1 Å². The summed E-state index contributed by atoms with van der Waals surface area (Å²) < 4.78 is 18.6. The van der Waals surface area contributed by atoms with Crippen molar-refractivity contribution in [1.82, 2.24) is 10.6 Å². The van der Waals surface area contributed by atoms with Crippen LogP contribution in [0, 0.1) is 11.2 Å². The van der Waals surface area contributed by atoms with Gasteiger partial charge in [-0.25, -0.2) is 4.39 Å². The molecule has 1 saturated heterocycles. The maximum Gasteiger partial charge on any atom is 0.228 e. The van der Waals surface area contributed by atoms with Crippen LogP contribution >= 0.6 is 12.4 Å². The molecule has 2 aliphatic rings. The molecule has 0 spiro atoms. The van der Waals surface area contributed by atoms with Crippen molar-refractivity contribution in [3.8, 4) is 0 Å². The van der Waals surface area contributed by atoms with Gasteiger partial charge in [-0.1, -0.05) is 12.1 Å². The van der Waals surface area contributed by atoms with E-state index >= 15 is 0 Å². The first-order chi connectivity index (χ1) is 10.6. The third-order valence-corrected chi connectivity index (χ3v) is 4.85. The van der Waals surface area contributed by atoms with Crippen LogP contribution in [0.3, 0.4) is 0 Å². The Balaban J connectivity index is 0.00000192. The van der Waals surface area contributed by atoms with E-state index in [1.165, 1.54) is 6.07 Å². The predicted molar refractivity (Wildman–Crippen MR) is 89.3 cm³/mol. The van der Waals surface area contributed by atoms with Crippen LogP contribution in [-0.4, -0.2) is 38.8 Å². The van der Waals surface area contributed by atoms with Crippen molar-refractivity contribution >= 4 is 18.3 Å². The minimum Gasteiger partial charge on any atom is -0.384 e. The number of nitrogens with one attached hydrogen (secondary N) is 2. The molecule has 1 aromatic rings. The highest BCUT2D eigenvalue weighted by Crippen LogP contribution is 2.42. The van der Waals surface area contributed by atoms with E-state index in [1.54, 1.807) is 19.2 Å². The molecule has 23 heavy (non-hydrogen) atoms. The van der Waals surface area contributed by atoms with Crippen LogP contribution in [0.4, 0.5) is 4.39 Å². The Labute approximate surface area is 142 Å². The Bertz CT molecular complexity index is 544. The smallest absolute Gasteiger partial charge is 0.228 e. The lowest BCUT2D eigenvalue weighted by atomic mass is 9.78. The van der Waals surface area contributed by atoms with Crippen LogP contribution in [0.15, 0.2) is 24.3 Å². The monoisotopic (exact) mass is 342 g/mol. The quantitative estimate of drug-likeness (QED) is 0.862. The fourth-order valence-corrected chi connectivity index (χ4v) is 3.40. The molecule has 1 amide bonds. The Morgan fingerprint density at radius 3 is 2.83 bits per heavy atom. The van der Waals surface area contributed by atoms with Gasteiger partial charge in [0.1, 0.15) is 5.82 Å². The number of amides is 1. The Morgan fingerprint density at radius 1 is 1.43 bits per heavy atom. The molecule has 1 aliphatic carbocycles. The lowest BCUT2D eigenvalue weighted by Crippen LogP contribution is -2.50. The molecule has 2 unspecified atom stereocenters. The van der Waals surface area contributed by atoms with E-state index in [2.05, 4.69) is 10.6 Å². The van der Waals surface area contributed by atoms with E-state index in [4.69, 9.17) is 4.74 Å². The first-order valence-electron chi connectivity index (χ1n) is 7.91. The van der Waals surface area contributed by atoms with Crippen LogP contribution in [0.1, 0.15) is 30.7 Å². The minimum absolute atomic E-state index is 0. The molecule has 2 fully saturated rings. The fourth-order valence-electron chi connectivity index (χ4n) is 3.40. The average Bonchev–Trinajstić information content (AvgIpc) is 3.28. The number of carbonyl (C=O) groups excluding carboxylic acids is 1. The van der Waals surface area contributed by atoms with E-state index in [1.807, 2.05) is 6.07 Å². The molecule has 0 aromatic heterocycles. The van der Waals surface area contributed by atoms with Crippen molar-refractivity contribution in [2.45, 2.75) is 31.2 Å². The van der Waals surface area contributed by atoms with Crippen LogP contribution < -0.4 is 10.6 Å². The SMILES string of the molecule is COCC1(C(=O)NC2CC2c2cccc(F)c2)CCNCC1.Cl. The summed E-state index contributed by atoms with van der Waals surface area (Å²) in [6.07, 6.45) is 2.48. The van der Waals surface area contributed by atoms with Gasteiger partial charge in [-0.05, 0) is 50.0 Å². The van der Waals surface area contributed by atoms with E-state index in [0.29, 0.717) is 6.61 Å². The van der Waals surface area contributed by atoms with Gasteiger partial charge in [-0.15, -0.1) is 12.4 Å². The molecular formula is C17H24ClFN2O2. The van der Waals surface area contributed by atoms with Gasteiger partial charge in [0.25, 0.3) is 0 Å². The first kappa shape index (κ1) is 18.2. The van der Waals surface area contributed by atoms with Crippen LogP contribution in [0.25, 0.3) is 0 Å². The van der Waals surface area contributed by atoms with Gasteiger partial charge in [0.15, 0.2) is 0 Å². The van der Waals surface area contributed by atoms with E-state index in [9.17, 15) is 9.18 Å². The number of ether oxygens (including phenoxy) is 1. The van der Waals surface area contributed by atoms with Crippen LogP contribution in [-0.2, 0) is 9.53 Å². The lowest BCUT2D eigenvalue weighted by molar-refractivity contribution is -0.136. The van der Waals surface area contributed by atoms with Crippen molar-refractivity contribution in [3.63, 3.8) is 0 Å². The van der Waals surface area contributed by atoms with Gasteiger partial charge in [-0.2, -0.15) is 0 Å². The summed E-state index contributed by atoms with van der Waals surface area (Å²) in [6.45, 7) is 2.14. The highest BCUT2D eigenvalue weighted by molar-refractivity contribution is 5.85. The number of benzene rings is 1. The number of methoxy groups -OCH3 is 1. The summed E-state index contributed by atoms with van der Waals surface area (Å²) in [5, 5.41) is 6.43. The summed E-state index contributed by atoms with van der Waals surface area (Å²) in [7, 11) is 1.64. The van der Waals surface area contributed by atoms with Crippen molar-refractivity contribution < 1.29 is 13.9 Å². The van der Waals surface area contributed by atoms with Gasteiger partial charge in [0.2, 0.25) is 5.91 Å². The average molecular weight is 343 g/mol. The third-order valence-electron chi connectivity index (χ3n) is 4.85.